The summed E-state index contributed by atoms with van der Waals surface area (Å²) in [6.45, 7) is 4.23. The Morgan fingerprint density at radius 1 is 1.19 bits per heavy atom. The second-order valence-electron chi connectivity index (χ2n) is 7.86. The van der Waals surface area contributed by atoms with E-state index in [4.69, 9.17) is 5.14 Å². The number of aldehydes is 1. The molecule has 0 amide bonds. The van der Waals surface area contributed by atoms with Crippen molar-refractivity contribution < 1.29 is 18.0 Å². The first-order valence-electron chi connectivity index (χ1n) is 9.76. The van der Waals surface area contributed by atoms with E-state index in [-0.39, 0.29) is 4.90 Å². The molecule has 164 valence electrons. The first-order chi connectivity index (χ1) is 14.6. The van der Waals surface area contributed by atoms with E-state index in [2.05, 4.69) is 16.2 Å². The zero-order chi connectivity index (χ0) is 22.6. The number of anilines is 1. The minimum atomic E-state index is -3.76. The van der Waals surface area contributed by atoms with Gasteiger partial charge in [-0.15, -0.1) is 0 Å². The largest absolute Gasteiger partial charge is 0.306 e. The van der Waals surface area contributed by atoms with Gasteiger partial charge in [-0.05, 0) is 55.7 Å². The van der Waals surface area contributed by atoms with Gasteiger partial charge in [0.15, 0.2) is 6.29 Å². The van der Waals surface area contributed by atoms with Crippen LogP contribution in [0.4, 0.5) is 5.69 Å². The van der Waals surface area contributed by atoms with E-state index in [1.807, 2.05) is 44.2 Å². The van der Waals surface area contributed by atoms with Gasteiger partial charge >= 0.3 is 0 Å². The van der Waals surface area contributed by atoms with Crippen molar-refractivity contribution in [1.82, 2.24) is 10.7 Å². The van der Waals surface area contributed by atoms with Crippen molar-refractivity contribution in [3.8, 4) is 0 Å². The number of hydrogen-bond acceptors (Lipinski definition) is 7. The number of ketones is 1. The quantitative estimate of drug-likeness (QED) is 0.277. The molecule has 0 radical (unpaired) electrons. The van der Waals surface area contributed by atoms with Gasteiger partial charge in [0, 0.05) is 17.8 Å². The van der Waals surface area contributed by atoms with Crippen LogP contribution in [0.2, 0.25) is 0 Å². The third-order valence-electron chi connectivity index (χ3n) is 5.54. The number of hydrogen-bond donors (Lipinski definition) is 4. The highest BCUT2D eigenvalue weighted by Crippen LogP contribution is 2.35. The standard InChI is InChI=1S/C22H26N4O4S/c1-15(25-26-17-8-10-18(11-9-17)31(23,29)30)19-13-24-22(2,21(19)20(28)14-27)12-16-6-4-3-5-7-16/h3-11,14,21,24-26H,12-13H2,1-2H3,(H2,23,29,30). The third kappa shape index (κ3) is 5.19. The average Bonchev–Trinajstić information content (AvgIpc) is 3.08. The molecule has 9 heteroatoms. The van der Waals surface area contributed by atoms with Crippen molar-refractivity contribution in [3.05, 3.63) is 71.4 Å². The van der Waals surface area contributed by atoms with Gasteiger partial charge in [-0.3, -0.25) is 9.59 Å². The molecule has 2 aromatic carbocycles. The van der Waals surface area contributed by atoms with Crippen molar-refractivity contribution in [3.63, 3.8) is 0 Å². The van der Waals surface area contributed by atoms with E-state index in [0.717, 1.165) is 11.1 Å². The van der Waals surface area contributed by atoms with Gasteiger partial charge in [-0.25, -0.2) is 13.6 Å². The lowest BCUT2D eigenvalue weighted by Crippen LogP contribution is -2.47. The molecule has 2 aromatic rings. The zero-order valence-electron chi connectivity index (χ0n) is 17.4. The first kappa shape index (κ1) is 22.7. The molecule has 0 aromatic heterocycles. The van der Waals surface area contributed by atoms with Gasteiger partial charge in [0.05, 0.1) is 16.5 Å². The summed E-state index contributed by atoms with van der Waals surface area (Å²) >= 11 is 0. The lowest BCUT2D eigenvalue weighted by Gasteiger charge is -2.30. The van der Waals surface area contributed by atoms with Crippen LogP contribution in [0.5, 0.6) is 0 Å². The summed E-state index contributed by atoms with van der Waals surface area (Å²) in [6, 6.07) is 15.8. The maximum absolute atomic E-state index is 12.6. The fourth-order valence-electron chi connectivity index (χ4n) is 3.95. The van der Waals surface area contributed by atoms with E-state index >= 15 is 0 Å². The normalized spacial score (nSPS) is 22.6. The summed E-state index contributed by atoms with van der Waals surface area (Å²) < 4.78 is 22.7. The molecule has 1 aliphatic heterocycles. The number of benzene rings is 2. The number of rotatable bonds is 8. The zero-order valence-corrected chi connectivity index (χ0v) is 18.2. The van der Waals surface area contributed by atoms with E-state index in [0.29, 0.717) is 30.6 Å². The smallest absolute Gasteiger partial charge is 0.238 e. The molecule has 8 nitrogen and oxygen atoms in total. The fourth-order valence-corrected chi connectivity index (χ4v) is 4.46. The topological polar surface area (TPSA) is 130 Å². The van der Waals surface area contributed by atoms with Gasteiger partial charge in [0.2, 0.25) is 15.8 Å². The lowest BCUT2D eigenvalue weighted by atomic mass is 9.77. The summed E-state index contributed by atoms with van der Waals surface area (Å²) in [5, 5.41) is 8.52. The number of carbonyl (C=O) groups excluding carboxylic acids is 2. The molecule has 3 rings (SSSR count). The van der Waals surface area contributed by atoms with Crippen LogP contribution in [0.1, 0.15) is 19.4 Å². The minimum Gasteiger partial charge on any atom is -0.306 e. The van der Waals surface area contributed by atoms with Crippen LogP contribution >= 0.6 is 0 Å². The monoisotopic (exact) mass is 442 g/mol. The summed E-state index contributed by atoms with van der Waals surface area (Å²) in [4.78, 5) is 24.0. The molecule has 0 bridgehead atoms. The summed E-state index contributed by atoms with van der Waals surface area (Å²) in [6.07, 6.45) is 0.977. The molecule has 1 aliphatic rings. The summed E-state index contributed by atoms with van der Waals surface area (Å²) in [5.74, 6) is -1.08. The molecule has 1 fully saturated rings. The number of Topliss-reactive ketones (excluding diaryl/α,β-unsaturated/α-hetero) is 1. The molecule has 1 heterocycles. The molecule has 5 N–H and O–H groups in total. The number of nitrogens with two attached hydrogens (primary N) is 1. The second-order valence-corrected chi connectivity index (χ2v) is 9.42. The molecule has 31 heavy (non-hydrogen) atoms. The van der Waals surface area contributed by atoms with Crippen LogP contribution in [0, 0.1) is 5.92 Å². The van der Waals surface area contributed by atoms with E-state index in [1.54, 1.807) is 12.1 Å². The van der Waals surface area contributed by atoms with Crippen molar-refractivity contribution in [2.24, 2.45) is 11.1 Å². The van der Waals surface area contributed by atoms with Gasteiger partial charge in [-0.1, -0.05) is 30.3 Å². The Hall–Kier alpha value is -3.01. The van der Waals surface area contributed by atoms with Gasteiger partial charge in [-0.2, -0.15) is 0 Å². The summed E-state index contributed by atoms with van der Waals surface area (Å²) in [7, 11) is -3.76. The molecular weight excluding hydrogens is 416 g/mol. The number of nitrogens with one attached hydrogen (secondary N) is 3. The van der Waals surface area contributed by atoms with Crippen LogP contribution in [0.3, 0.4) is 0 Å². The van der Waals surface area contributed by atoms with Gasteiger partial charge in [0.1, 0.15) is 0 Å². The molecule has 0 spiro atoms. The lowest BCUT2D eigenvalue weighted by molar-refractivity contribution is -0.132. The molecule has 2 atom stereocenters. The first-order valence-corrected chi connectivity index (χ1v) is 11.3. The van der Waals surface area contributed by atoms with Crippen LogP contribution in [0.15, 0.2) is 70.8 Å². The van der Waals surface area contributed by atoms with Gasteiger partial charge in [0.25, 0.3) is 0 Å². The Morgan fingerprint density at radius 3 is 2.42 bits per heavy atom. The number of primary sulfonamides is 1. The van der Waals surface area contributed by atoms with Crippen LogP contribution in [-0.2, 0) is 26.0 Å². The number of sulfonamides is 1. The highest BCUT2D eigenvalue weighted by molar-refractivity contribution is 7.89. The van der Waals surface area contributed by atoms with Crippen LogP contribution < -0.4 is 21.3 Å². The molecule has 1 saturated heterocycles. The maximum Gasteiger partial charge on any atom is 0.238 e. The predicted octanol–water partition coefficient (Wildman–Crippen LogP) is 1.51. The highest BCUT2D eigenvalue weighted by Gasteiger charge is 2.46. The highest BCUT2D eigenvalue weighted by atomic mass is 32.2. The molecule has 0 saturated carbocycles. The van der Waals surface area contributed by atoms with E-state index < -0.39 is 27.3 Å². The van der Waals surface area contributed by atoms with Crippen LogP contribution in [-0.4, -0.2) is 32.6 Å². The van der Waals surface area contributed by atoms with Crippen molar-refractivity contribution >= 4 is 27.8 Å². The Morgan fingerprint density at radius 2 is 1.84 bits per heavy atom. The predicted molar refractivity (Wildman–Crippen MR) is 118 cm³/mol. The SMILES string of the molecule is CC(NNc1ccc(S(N)(=O)=O)cc1)=C1CNC(C)(Cc2ccccc2)C1C(=O)C=O. The third-order valence-corrected chi connectivity index (χ3v) is 6.47. The Balaban J connectivity index is 1.80. The Kier molecular flexibility index (Phi) is 6.59. The maximum atomic E-state index is 12.6. The van der Waals surface area contributed by atoms with E-state index in [1.165, 1.54) is 12.1 Å². The summed E-state index contributed by atoms with van der Waals surface area (Å²) in [5.41, 5.74) is 8.62. The fraction of sp³-hybridized carbons (Fsp3) is 0.273. The molecule has 2 unspecified atom stereocenters. The van der Waals surface area contributed by atoms with E-state index in [9.17, 15) is 18.0 Å². The Labute approximate surface area is 181 Å². The van der Waals surface area contributed by atoms with Crippen molar-refractivity contribution in [1.29, 1.82) is 0 Å². The van der Waals surface area contributed by atoms with Crippen molar-refractivity contribution in [2.45, 2.75) is 30.7 Å². The minimum absolute atomic E-state index is 0.0152. The molecular formula is C22H26N4O4S. The average molecular weight is 443 g/mol. The number of allylic oxidation sites excluding steroid dienone is 1. The number of carbonyl (C=O) groups is 2. The molecule has 0 aliphatic carbocycles. The number of hydrazine groups is 1. The Bertz CT molecular complexity index is 1100. The van der Waals surface area contributed by atoms with Crippen molar-refractivity contribution in [2.75, 3.05) is 12.0 Å². The van der Waals surface area contributed by atoms with Gasteiger partial charge < -0.3 is 16.2 Å². The van der Waals surface area contributed by atoms with Crippen LogP contribution in [0.25, 0.3) is 0 Å². The second kappa shape index (κ2) is 9.01.